The third-order valence-corrected chi connectivity index (χ3v) is 6.98. The summed E-state index contributed by atoms with van der Waals surface area (Å²) in [4.78, 5) is 28.4. The van der Waals surface area contributed by atoms with Crippen molar-refractivity contribution in [2.45, 2.75) is 31.3 Å². The van der Waals surface area contributed by atoms with Gasteiger partial charge in [-0.2, -0.15) is 0 Å². The van der Waals surface area contributed by atoms with Crippen molar-refractivity contribution in [3.05, 3.63) is 53.7 Å². The van der Waals surface area contributed by atoms with Crippen LogP contribution in [0, 0.1) is 6.92 Å². The molecule has 3 aromatic rings. The van der Waals surface area contributed by atoms with E-state index in [0.717, 1.165) is 10.9 Å². The Morgan fingerprint density at radius 1 is 1.09 bits per heavy atom. The molecule has 0 saturated carbocycles. The number of Topliss-reactive ketones (excluding diaryl/α,β-unsaturated/α-hetero) is 1. The molecule has 168 valence electrons. The van der Waals surface area contributed by atoms with E-state index in [4.69, 9.17) is 14.2 Å². The van der Waals surface area contributed by atoms with Gasteiger partial charge in [-0.1, -0.05) is 18.2 Å². The number of carbonyl (C=O) groups excluding carboxylic acids is 2. The number of hydrogen-bond acceptors (Lipinski definition) is 7. The Kier molecular flexibility index (Phi) is 5.92. The molecule has 4 rings (SSSR count). The molecule has 0 fully saturated rings. The SMILES string of the molecule is Cc1[nH]c2ccccc2c1C(=O)C(C)OC(=O)CCS(=O)(=O)c1ccc2c(c1)OCCO2. The molecule has 8 nitrogen and oxygen atoms in total. The maximum absolute atomic E-state index is 12.9. The zero-order valence-corrected chi connectivity index (χ0v) is 18.5. The van der Waals surface area contributed by atoms with Crippen molar-refractivity contribution in [1.82, 2.24) is 4.98 Å². The predicted octanol–water partition coefficient (Wildman–Crippen LogP) is 3.23. The second-order valence-corrected chi connectivity index (χ2v) is 9.65. The predicted molar refractivity (Wildman–Crippen MR) is 117 cm³/mol. The molecule has 1 N–H and O–H groups in total. The summed E-state index contributed by atoms with van der Waals surface area (Å²) in [6.07, 6.45) is -1.42. The Labute approximate surface area is 185 Å². The minimum absolute atomic E-state index is 0.0353. The van der Waals surface area contributed by atoms with Gasteiger partial charge in [0.05, 0.1) is 17.1 Å². The van der Waals surface area contributed by atoms with Gasteiger partial charge in [-0.05, 0) is 32.0 Å². The summed E-state index contributed by atoms with van der Waals surface area (Å²) in [6, 6.07) is 11.7. The summed E-state index contributed by atoms with van der Waals surface area (Å²) in [5.74, 6) is -0.714. The summed E-state index contributed by atoms with van der Waals surface area (Å²) in [5.41, 5.74) is 1.96. The maximum atomic E-state index is 12.9. The second kappa shape index (κ2) is 8.66. The summed E-state index contributed by atoms with van der Waals surface area (Å²) < 4.78 is 41.4. The van der Waals surface area contributed by atoms with Gasteiger partial charge in [0.15, 0.2) is 27.4 Å². The van der Waals surface area contributed by atoms with Crippen LogP contribution in [0.15, 0.2) is 47.4 Å². The van der Waals surface area contributed by atoms with Crippen LogP contribution < -0.4 is 9.47 Å². The molecule has 9 heteroatoms. The lowest BCUT2D eigenvalue weighted by molar-refractivity contribution is -0.145. The van der Waals surface area contributed by atoms with Crippen LogP contribution in [0.5, 0.6) is 11.5 Å². The molecule has 0 aliphatic carbocycles. The van der Waals surface area contributed by atoms with Crippen molar-refractivity contribution < 1.29 is 32.2 Å². The summed E-state index contributed by atoms with van der Waals surface area (Å²) in [6.45, 7) is 4.00. The van der Waals surface area contributed by atoms with Crippen molar-refractivity contribution in [2.75, 3.05) is 19.0 Å². The Morgan fingerprint density at radius 3 is 2.59 bits per heavy atom. The van der Waals surface area contributed by atoms with Crippen LogP contribution in [-0.2, 0) is 19.4 Å². The van der Waals surface area contributed by atoms with Crippen LogP contribution in [0.1, 0.15) is 29.4 Å². The number of nitrogens with one attached hydrogen (secondary N) is 1. The Balaban J connectivity index is 1.40. The van der Waals surface area contributed by atoms with Gasteiger partial charge in [0.1, 0.15) is 13.2 Å². The fourth-order valence-electron chi connectivity index (χ4n) is 3.66. The van der Waals surface area contributed by atoms with Crippen molar-refractivity contribution in [2.24, 2.45) is 0 Å². The number of H-pyrrole nitrogens is 1. The molecular formula is C23H23NO7S. The average molecular weight is 458 g/mol. The Bertz CT molecular complexity index is 1290. The lowest BCUT2D eigenvalue weighted by Crippen LogP contribution is -2.26. The highest BCUT2D eigenvalue weighted by atomic mass is 32.2. The van der Waals surface area contributed by atoms with Gasteiger partial charge in [0.2, 0.25) is 5.78 Å². The van der Waals surface area contributed by atoms with Crippen LogP contribution in [-0.4, -0.2) is 50.2 Å². The molecule has 1 aromatic heterocycles. The quantitative estimate of drug-likeness (QED) is 0.428. The number of aromatic amines is 1. The molecule has 1 unspecified atom stereocenters. The lowest BCUT2D eigenvalue weighted by Gasteiger charge is -2.18. The number of para-hydroxylation sites is 1. The number of aryl methyl sites for hydroxylation is 1. The number of esters is 1. The average Bonchev–Trinajstić information content (AvgIpc) is 3.12. The van der Waals surface area contributed by atoms with Crippen molar-refractivity contribution in [3.8, 4) is 11.5 Å². The number of aromatic nitrogens is 1. The minimum atomic E-state index is -3.75. The molecule has 0 radical (unpaired) electrons. The molecule has 2 heterocycles. The van der Waals surface area contributed by atoms with E-state index in [-0.39, 0.29) is 17.1 Å². The summed E-state index contributed by atoms with van der Waals surface area (Å²) in [5, 5.41) is 0.749. The standard InChI is InChI=1S/C23H23NO7S/c1-14-22(17-5-3-4-6-18(17)24-14)23(26)15(2)31-21(25)9-12-32(27,28)16-7-8-19-20(13-16)30-11-10-29-19/h3-8,13,15,24H,9-12H2,1-2H3. The number of benzene rings is 2. The smallest absolute Gasteiger partial charge is 0.307 e. The van der Waals surface area contributed by atoms with Crippen LogP contribution >= 0.6 is 0 Å². The molecule has 0 bridgehead atoms. The highest BCUT2D eigenvalue weighted by Gasteiger charge is 2.26. The normalized spacial score (nSPS) is 14.2. The first-order chi connectivity index (χ1) is 15.3. The van der Waals surface area contributed by atoms with Gasteiger partial charge in [0.25, 0.3) is 0 Å². The van der Waals surface area contributed by atoms with E-state index in [9.17, 15) is 18.0 Å². The van der Waals surface area contributed by atoms with E-state index in [2.05, 4.69) is 4.98 Å². The number of ketones is 1. The van der Waals surface area contributed by atoms with Crippen molar-refractivity contribution >= 4 is 32.5 Å². The number of sulfone groups is 1. The highest BCUT2D eigenvalue weighted by Crippen LogP contribution is 2.32. The lowest BCUT2D eigenvalue weighted by atomic mass is 10.0. The van der Waals surface area contributed by atoms with Gasteiger partial charge < -0.3 is 19.2 Å². The van der Waals surface area contributed by atoms with E-state index >= 15 is 0 Å². The van der Waals surface area contributed by atoms with Crippen LogP contribution in [0.25, 0.3) is 10.9 Å². The van der Waals surface area contributed by atoms with Gasteiger partial charge in [-0.3, -0.25) is 9.59 Å². The van der Waals surface area contributed by atoms with Gasteiger partial charge >= 0.3 is 5.97 Å². The molecule has 2 aromatic carbocycles. The monoisotopic (exact) mass is 457 g/mol. The van der Waals surface area contributed by atoms with Crippen molar-refractivity contribution in [3.63, 3.8) is 0 Å². The van der Waals surface area contributed by atoms with Crippen LogP contribution in [0.3, 0.4) is 0 Å². The maximum Gasteiger partial charge on any atom is 0.307 e. The first-order valence-electron chi connectivity index (χ1n) is 10.2. The van der Waals surface area contributed by atoms with Gasteiger partial charge in [-0.25, -0.2) is 8.42 Å². The highest BCUT2D eigenvalue weighted by molar-refractivity contribution is 7.91. The summed E-state index contributed by atoms with van der Waals surface area (Å²) >= 11 is 0. The first kappa shape index (κ1) is 21.9. The minimum Gasteiger partial charge on any atom is -0.486 e. The fourth-order valence-corrected chi connectivity index (χ4v) is 4.89. The molecule has 1 aliphatic heterocycles. The number of ether oxygens (including phenoxy) is 3. The molecule has 0 saturated heterocycles. The van der Waals surface area contributed by atoms with E-state index < -0.39 is 27.7 Å². The third-order valence-electron chi connectivity index (χ3n) is 5.27. The van der Waals surface area contributed by atoms with E-state index in [1.54, 1.807) is 6.92 Å². The van der Waals surface area contributed by atoms with Crippen molar-refractivity contribution in [1.29, 1.82) is 0 Å². The van der Waals surface area contributed by atoms with Gasteiger partial charge in [-0.15, -0.1) is 0 Å². The molecule has 1 aliphatic rings. The largest absolute Gasteiger partial charge is 0.486 e. The zero-order valence-electron chi connectivity index (χ0n) is 17.7. The zero-order chi connectivity index (χ0) is 22.9. The fraction of sp³-hybridized carbons (Fsp3) is 0.304. The van der Waals surface area contributed by atoms with E-state index in [0.29, 0.717) is 36.0 Å². The number of carbonyl (C=O) groups is 2. The molecule has 1 atom stereocenters. The number of hydrogen-bond donors (Lipinski definition) is 1. The first-order valence-corrected chi connectivity index (χ1v) is 11.8. The molecule has 32 heavy (non-hydrogen) atoms. The number of fused-ring (bicyclic) bond motifs is 2. The topological polar surface area (TPSA) is 112 Å². The molecular weight excluding hydrogens is 434 g/mol. The number of rotatable bonds is 7. The second-order valence-electron chi connectivity index (χ2n) is 7.54. The van der Waals surface area contributed by atoms with Crippen LogP contribution in [0.4, 0.5) is 0 Å². The third kappa shape index (κ3) is 4.34. The summed E-state index contributed by atoms with van der Waals surface area (Å²) in [7, 11) is -3.75. The molecule has 0 amide bonds. The van der Waals surface area contributed by atoms with Crippen LogP contribution in [0.2, 0.25) is 0 Å². The Morgan fingerprint density at radius 2 is 1.81 bits per heavy atom. The molecule has 0 spiro atoms. The Hall–Kier alpha value is -3.33. The van der Waals surface area contributed by atoms with E-state index in [1.807, 2.05) is 24.3 Å². The van der Waals surface area contributed by atoms with E-state index in [1.165, 1.54) is 25.1 Å². The van der Waals surface area contributed by atoms with Gasteiger partial charge in [0, 0.05) is 28.2 Å².